The fourth-order valence-corrected chi connectivity index (χ4v) is 2.87. The van der Waals surface area contributed by atoms with Gasteiger partial charge in [-0.15, -0.1) is 0 Å². The van der Waals surface area contributed by atoms with E-state index in [-0.39, 0.29) is 11.9 Å². The maximum absolute atomic E-state index is 12.2. The van der Waals surface area contributed by atoms with Gasteiger partial charge in [-0.25, -0.2) is 4.79 Å². The van der Waals surface area contributed by atoms with Gasteiger partial charge in [-0.05, 0) is 25.3 Å². The Morgan fingerprint density at radius 2 is 2.00 bits per heavy atom. The molecule has 2 aliphatic rings. The quantitative estimate of drug-likeness (QED) is 0.767. The Morgan fingerprint density at radius 3 is 2.59 bits per heavy atom. The normalized spacial score (nSPS) is 20.0. The number of ether oxygens (including phenoxy) is 2. The van der Waals surface area contributed by atoms with Crippen LogP contribution in [-0.2, 0) is 19.1 Å². The van der Waals surface area contributed by atoms with Crippen LogP contribution in [-0.4, -0.2) is 56.7 Å². The van der Waals surface area contributed by atoms with Crippen LogP contribution in [0.25, 0.3) is 0 Å². The number of allylic oxidation sites excluding steroid dienone is 2. The molecule has 0 atom stereocenters. The Bertz CT molecular complexity index is 502. The number of rotatable bonds is 5. The van der Waals surface area contributed by atoms with E-state index in [4.69, 9.17) is 9.47 Å². The Kier molecular flexibility index (Phi) is 5.74. The third-order valence-electron chi connectivity index (χ3n) is 4.24. The van der Waals surface area contributed by atoms with Gasteiger partial charge in [-0.3, -0.25) is 9.69 Å². The van der Waals surface area contributed by atoms with Gasteiger partial charge in [-0.1, -0.05) is 6.08 Å². The number of amides is 1. The molecule has 1 N–H and O–H groups in total. The van der Waals surface area contributed by atoms with Crippen molar-refractivity contribution in [3.63, 3.8) is 0 Å². The molecule has 22 heavy (non-hydrogen) atoms. The SMILES string of the molecule is COC(=O)C1=C(NC(=O)CN2CCC(OC)CC2)C(C)=CC1. The minimum atomic E-state index is -0.385. The third kappa shape index (κ3) is 3.96. The molecule has 1 aliphatic carbocycles. The van der Waals surface area contributed by atoms with E-state index >= 15 is 0 Å². The summed E-state index contributed by atoms with van der Waals surface area (Å²) >= 11 is 0. The topological polar surface area (TPSA) is 67.9 Å². The van der Waals surface area contributed by atoms with E-state index in [0.717, 1.165) is 31.5 Å². The molecule has 0 aromatic heterocycles. The van der Waals surface area contributed by atoms with Crippen LogP contribution in [0.15, 0.2) is 22.9 Å². The Hall–Kier alpha value is -1.66. The third-order valence-corrected chi connectivity index (χ3v) is 4.24. The maximum atomic E-state index is 12.2. The number of carbonyl (C=O) groups excluding carboxylic acids is 2. The summed E-state index contributed by atoms with van der Waals surface area (Å²) in [5.41, 5.74) is 2.03. The summed E-state index contributed by atoms with van der Waals surface area (Å²) in [4.78, 5) is 26.1. The number of hydrogen-bond donors (Lipinski definition) is 1. The van der Waals surface area contributed by atoms with E-state index in [0.29, 0.717) is 30.3 Å². The van der Waals surface area contributed by atoms with E-state index in [1.807, 2.05) is 13.0 Å². The highest BCUT2D eigenvalue weighted by Crippen LogP contribution is 2.24. The fourth-order valence-electron chi connectivity index (χ4n) is 2.87. The monoisotopic (exact) mass is 308 g/mol. The van der Waals surface area contributed by atoms with Crippen molar-refractivity contribution < 1.29 is 19.1 Å². The second-order valence-electron chi connectivity index (χ2n) is 5.70. The van der Waals surface area contributed by atoms with Crippen LogP contribution in [0.3, 0.4) is 0 Å². The molecule has 1 fully saturated rings. The van der Waals surface area contributed by atoms with Crippen LogP contribution >= 0.6 is 0 Å². The van der Waals surface area contributed by atoms with Gasteiger partial charge in [-0.2, -0.15) is 0 Å². The van der Waals surface area contributed by atoms with Crippen molar-refractivity contribution in [3.05, 3.63) is 22.9 Å². The van der Waals surface area contributed by atoms with Crippen molar-refractivity contribution in [1.82, 2.24) is 10.2 Å². The van der Waals surface area contributed by atoms with Crippen LogP contribution in [0.5, 0.6) is 0 Å². The molecule has 1 saturated heterocycles. The lowest BCUT2D eigenvalue weighted by molar-refractivity contribution is -0.136. The molecule has 0 radical (unpaired) electrons. The molecular weight excluding hydrogens is 284 g/mol. The lowest BCUT2D eigenvalue weighted by atomic mass is 10.1. The van der Waals surface area contributed by atoms with Gasteiger partial charge < -0.3 is 14.8 Å². The molecule has 6 heteroatoms. The van der Waals surface area contributed by atoms with Gasteiger partial charge in [0.2, 0.25) is 5.91 Å². The first-order valence-electron chi connectivity index (χ1n) is 7.58. The zero-order valence-electron chi connectivity index (χ0n) is 13.5. The summed E-state index contributed by atoms with van der Waals surface area (Å²) in [6.07, 6.45) is 4.62. The summed E-state index contributed by atoms with van der Waals surface area (Å²) in [5, 5.41) is 2.87. The van der Waals surface area contributed by atoms with Gasteiger partial charge in [0, 0.05) is 26.6 Å². The van der Waals surface area contributed by atoms with Gasteiger partial charge >= 0.3 is 5.97 Å². The molecule has 0 aromatic carbocycles. The molecule has 0 bridgehead atoms. The van der Waals surface area contributed by atoms with Gasteiger partial charge in [0.05, 0.1) is 31.0 Å². The minimum Gasteiger partial charge on any atom is -0.466 e. The van der Waals surface area contributed by atoms with Crippen LogP contribution < -0.4 is 5.32 Å². The summed E-state index contributed by atoms with van der Waals surface area (Å²) < 4.78 is 10.1. The van der Waals surface area contributed by atoms with E-state index in [1.165, 1.54) is 7.11 Å². The number of piperidine rings is 1. The van der Waals surface area contributed by atoms with Crippen LogP contribution in [0.2, 0.25) is 0 Å². The fraction of sp³-hybridized carbons (Fsp3) is 0.625. The first-order valence-corrected chi connectivity index (χ1v) is 7.58. The van der Waals surface area contributed by atoms with Crippen molar-refractivity contribution in [2.75, 3.05) is 33.9 Å². The Balaban J connectivity index is 1.91. The Labute approximate surface area is 131 Å². The molecule has 0 spiro atoms. The van der Waals surface area contributed by atoms with Crippen molar-refractivity contribution in [2.45, 2.75) is 32.3 Å². The van der Waals surface area contributed by atoms with Gasteiger partial charge in [0.25, 0.3) is 0 Å². The van der Waals surface area contributed by atoms with E-state index in [9.17, 15) is 9.59 Å². The highest BCUT2D eigenvalue weighted by molar-refractivity contribution is 5.93. The second-order valence-corrected chi connectivity index (χ2v) is 5.70. The van der Waals surface area contributed by atoms with Gasteiger partial charge in [0.1, 0.15) is 0 Å². The number of nitrogens with one attached hydrogen (secondary N) is 1. The molecule has 0 aromatic rings. The van der Waals surface area contributed by atoms with Crippen molar-refractivity contribution in [2.24, 2.45) is 0 Å². The van der Waals surface area contributed by atoms with Crippen LogP contribution in [0.1, 0.15) is 26.2 Å². The lowest BCUT2D eigenvalue weighted by Gasteiger charge is -2.30. The predicted molar refractivity (Wildman–Crippen MR) is 82.0 cm³/mol. The zero-order valence-corrected chi connectivity index (χ0v) is 13.5. The average molecular weight is 308 g/mol. The summed E-state index contributed by atoms with van der Waals surface area (Å²) in [6.45, 7) is 3.92. The highest BCUT2D eigenvalue weighted by atomic mass is 16.5. The molecular formula is C16H24N2O4. The molecule has 6 nitrogen and oxygen atoms in total. The number of methoxy groups -OCH3 is 2. The predicted octanol–water partition coefficient (Wildman–Crippen LogP) is 0.990. The van der Waals surface area contributed by atoms with E-state index in [2.05, 4.69) is 10.2 Å². The lowest BCUT2D eigenvalue weighted by Crippen LogP contribution is -2.43. The van der Waals surface area contributed by atoms with Gasteiger partial charge in [0.15, 0.2) is 0 Å². The number of carbonyl (C=O) groups is 2. The molecule has 2 rings (SSSR count). The zero-order chi connectivity index (χ0) is 16.1. The Morgan fingerprint density at radius 1 is 1.32 bits per heavy atom. The van der Waals surface area contributed by atoms with Crippen molar-refractivity contribution >= 4 is 11.9 Å². The van der Waals surface area contributed by atoms with Crippen molar-refractivity contribution in [1.29, 1.82) is 0 Å². The number of nitrogens with zero attached hydrogens (tertiary/aromatic N) is 1. The standard InChI is InChI=1S/C16H24N2O4/c1-11-4-5-13(16(20)22-3)15(11)17-14(19)10-18-8-6-12(21-2)7-9-18/h4,12H,5-10H2,1-3H3,(H,17,19). The average Bonchev–Trinajstić information content (AvgIpc) is 2.88. The van der Waals surface area contributed by atoms with E-state index in [1.54, 1.807) is 7.11 Å². The van der Waals surface area contributed by atoms with Crippen molar-refractivity contribution in [3.8, 4) is 0 Å². The highest BCUT2D eigenvalue weighted by Gasteiger charge is 2.25. The first-order chi connectivity index (χ1) is 10.5. The molecule has 1 amide bonds. The second kappa shape index (κ2) is 7.56. The molecule has 0 unspecified atom stereocenters. The summed E-state index contributed by atoms with van der Waals surface area (Å²) in [5.74, 6) is -0.480. The summed E-state index contributed by atoms with van der Waals surface area (Å²) in [6, 6.07) is 0. The first kappa shape index (κ1) is 16.7. The number of hydrogen-bond acceptors (Lipinski definition) is 5. The largest absolute Gasteiger partial charge is 0.466 e. The smallest absolute Gasteiger partial charge is 0.336 e. The van der Waals surface area contributed by atoms with E-state index < -0.39 is 0 Å². The summed E-state index contributed by atoms with van der Waals surface area (Å²) in [7, 11) is 3.07. The van der Waals surface area contributed by atoms with Crippen LogP contribution in [0.4, 0.5) is 0 Å². The molecule has 122 valence electrons. The maximum Gasteiger partial charge on any atom is 0.336 e. The van der Waals surface area contributed by atoms with Crippen LogP contribution in [0, 0.1) is 0 Å². The minimum absolute atomic E-state index is 0.0954. The molecule has 1 aliphatic heterocycles. The molecule has 1 heterocycles. The number of esters is 1. The molecule has 0 saturated carbocycles. The number of likely N-dealkylation sites (tertiary alicyclic amines) is 1.